The van der Waals surface area contributed by atoms with Crippen molar-refractivity contribution in [3.05, 3.63) is 23.8 Å². The summed E-state index contributed by atoms with van der Waals surface area (Å²) in [5.41, 5.74) is 9.24. The number of hydrogen-bond acceptors (Lipinski definition) is 2. The molecule has 0 aromatic heterocycles. The van der Waals surface area contributed by atoms with E-state index < -0.39 is 0 Å². The molecule has 88 valence electrons. The van der Waals surface area contributed by atoms with Crippen molar-refractivity contribution in [2.45, 2.75) is 45.6 Å². The van der Waals surface area contributed by atoms with Crippen molar-refractivity contribution in [3.63, 3.8) is 0 Å². The minimum atomic E-state index is 0.533. The fraction of sp³-hybridized carbons (Fsp3) is 0.571. The number of rotatable bonds is 3. The van der Waals surface area contributed by atoms with Gasteiger partial charge < -0.3 is 11.1 Å². The molecule has 0 saturated heterocycles. The van der Waals surface area contributed by atoms with E-state index in [-0.39, 0.29) is 0 Å². The molecule has 1 saturated carbocycles. The third-order valence-corrected chi connectivity index (χ3v) is 3.78. The van der Waals surface area contributed by atoms with Crippen LogP contribution in [0.4, 0.5) is 11.4 Å². The largest absolute Gasteiger partial charge is 0.397 e. The first-order valence-electron chi connectivity index (χ1n) is 6.30. The number of hydrogen-bond donors (Lipinski definition) is 2. The molecule has 3 N–H and O–H groups in total. The summed E-state index contributed by atoms with van der Waals surface area (Å²) in [7, 11) is 0. The van der Waals surface area contributed by atoms with Gasteiger partial charge in [0.1, 0.15) is 0 Å². The molecule has 1 aliphatic carbocycles. The monoisotopic (exact) mass is 218 g/mol. The van der Waals surface area contributed by atoms with E-state index >= 15 is 0 Å². The highest BCUT2D eigenvalue weighted by Gasteiger charge is 2.22. The maximum Gasteiger partial charge on any atom is 0.0605 e. The summed E-state index contributed by atoms with van der Waals surface area (Å²) in [5.74, 6) is 0.819. The van der Waals surface area contributed by atoms with E-state index in [0.29, 0.717) is 6.04 Å². The Morgan fingerprint density at radius 3 is 2.62 bits per heavy atom. The normalized spacial score (nSPS) is 18.6. The van der Waals surface area contributed by atoms with Crippen LogP contribution in [0.5, 0.6) is 0 Å². The van der Waals surface area contributed by atoms with Crippen LogP contribution < -0.4 is 11.1 Å². The molecule has 0 aliphatic heterocycles. The summed E-state index contributed by atoms with van der Waals surface area (Å²) in [6.07, 6.45) is 5.50. The van der Waals surface area contributed by atoms with Gasteiger partial charge in [-0.05, 0) is 44.2 Å². The molecule has 1 aromatic carbocycles. The number of nitrogens with two attached hydrogens (primary N) is 1. The van der Waals surface area contributed by atoms with E-state index in [0.717, 1.165) is 17.3 Å². The van der Waals surface area contributed by atoms with Crippen molar-refractivity contribution >= 4 is 11.4 Å². The summed E-state index contributed by atoms with van der Waals surface area (Å²) in [6, 6.07) is 6.62. The zero-order valence-electron chi connectivity index (χ0n) is 10.3. The second kappa shape index (κ2) is 4.77. The summed E-state index contributed by atoms with van der Waals surface area (Å²) >= 11 is 0. The Balaban J connectivity index is 2.07. The molecule has 2 heteroatoms. The Labute approximate surface area is 98.2 Å². The Morgan fingerprint density at radius 1 is 1.31 bits per heavy atom. The Bertz CT molecular complexity index is 334. The zero-order valence-corrected chi connectivity index (χ0v) is 10.3. The van der Waals surface area contributed by atoms with Crippen LogP contribution in [0.1, 0.15) is 38.2 Å². The zero-order chi connectivity index (χ0) is 11.5. The Kier molecular flexibility index (Phi) is 3.37. The first kappa shape index (κ1) is 11.3. The highest BCUT2D eigenvalue weighted by Crippen LogP contribution is 2.31. The summed E-state index contributed by atoms with van der Waals surface area (Å²) in [6.45, 7) is 4.39. The number of aryl methyl sites for hydroxylation is 1. The van der Waals surface area contributed by atoms with Crippen molar-refractivity contribution < 1.29 is 0 Å². The summed E-state index contributed by atoms with van der Waals surface area (Å²) in [4.78, 5) is 0. The molecule has 2 nitrogen and oxygen atoms in total. The molecule has 1 fully saturated rings. The number of anilines is 2. The van der Waals surface area contributed by atoms with E-state index in [2.05, 4.69) is 25.2 Å². The fourth-order valence-electron chi connectivity index (χ4n) is 2.69. The van der Waals surface area contributed by atoms with Crippen molar-refractivity contribution in [2.75, 3.05) is 11.1 Å². The molecule has 2 rings (SSSR count). The summed E-state index contributed by atoms with van der Waals surface area (Å²) < 4.78 is 0. The Hall–Kier alpha value is -1.18. The van der Waals surface area contributed by atoms with Gasteiger partial charge in [-0.15, -0.1) is 0 Å². The topological polar surface area (TPSA) is 38.0 Å². The van der Waals surface area contributed by atoms with Gasteiger partial charge in [-0.25, -0.2) is 0 Å². The highest BCUT2D eigenvalue weighted by atomic mass is 14.9. The lowest BCUT2D eigenvalue weighted by atomic mass is 9.99. The van der Waals surface area contributed by atoms with E-state index in [4.69, 9.17) is 5.73 Å². The third kappa shape index (κ3) is 2.31. The van der Waals surface area contributed by atoms with Crippen molar-refractivity contribution in [3.8, 4) is 0 Å². The average molecular weight is 218 g/mol. The second-order valence-corrected chi connectivity index (χ2v) is 5.02. The van der Waals surface area contributed by atoms with Gasteiger partial charge in [0.25, 0.3) is 0 Å². The molecule has 1 unspecified atom stereocenters. The van der Waals surface area contributed by atoms with E-state index in [1.807, 2.05) is 12.1 Å². The predicted octanol–water partition coefficient (Wildman–Crippen LogP) is 3.57. The molecule has 0 bridgehead atoms. The lowest BCUT2D eigenvalue weighted by Gasteiger charge is -2.23. The van der Waals surface area contributed by atoms with Gasteiger partial charge in [0, 0.05) is 6.04 Å². The lowest BCUT2D eigenvalue weighted by molar-refractivity contribution is 0.482. The molecule has 1 aromatic rings. The van der Waals surface area contributed by atoms with Crippen LogP contribution in [-0.2, 0) is 0 Å². The van der Waals surface area contributed by atoms with Gasteiger partial charge in [0.05, 0.1) is 11.4 Å². The van der Waals surface area contributed by atoms with Gasteiger partial charge in [-0.2, -0.15) is 0 Å². The standard InChI is InChI=1S/C14H22N2/c1-10-6-5-9-13(15)14(10)16-11(2)12-7-3-4-8-12/h5-6,9,11-12,16H,3-4,7-8,15H2,1-2H3. The van der Waals surface area contributed by atoms with Gasteiger partial charge in [0.2, 0.25) is 0 Å². The number of benzene rings is 1. The maximum atomic E-state index is 6.01. The number of para-hydroxylation sites is 1. The molecule has 0 heterocycles. The van der Waals surface area contributed by atoms with Crippen LogP contribution in [0.15, 0.2) is 18.2 Å². The van der Waals surface area contributed by atoms with Crippen LogP contribution >= 0.6 is 0 Å². The lowest BCUT2D eigenvalue weighted by Crippen LogP contribution is -2.24. The van der Waals surface area contributed by atoms with E-state index in [1.54, 1.807) is 0 Å². The molecule has 1 aliphatic rings. The highest BCUT2D eigenvalue weighted by molar-refractivity contribution is 5.70. The van der Waals surface area contributed by atoms with E-state index in [1.165, 1.54) is 31.2 Å². The van der Waals surface area contributed by atoms with Gasteiger partial charge >= 0.3 is 0 Å². The second-order valence-electron chi connectivity index (χ2n) is 5.02. The van der Waals surface area contributed by atoms with Crippen LogP contribution in [0.3, 0.4) is 0 Å². The molecule has 0 spiro atoms. The molecule has 0 radical (unpaired) electrons. The predicted molar refractivity (Wildman–Crippen MR) is 70.6 cm³/mol. The van der Waals surface area contributed by atoms with Crippen molar-refractivity contribution in [1.82, 2.24) is 0 Å². The minimum Gasteiger partial charge on any atom is -0.397 e. The molecular formula is C14H22N2. The van der Waals surface area contributed by atoms with Gasteiger partial charge in [0.15, 0.2) is 0 Å². The molecule has 0 amide bonds. The third-order valence-electron chi connectivity index (χ3n) is 3.78. The number of nitrogen functional groups attached to an aromatic ring is 1. The van der Waals surface area contributed by atoms with Crippen molar-refractivity contribution in [1.29, 1.82) is 0 Å². The quantitative estimate of drug-likeness (QED) is 0.761. The minimum absolute atomic E-state index is 0.533. The SMILES string of the molecule is Cc1cccc(N)c1NC(C)C1CCCC1. The van der Waals surface area contributed by atoms with Crippen molar-refractivity contribution in [2.24, 2.45) is 5.92 Å². The summed E-state index contributed by atoms with van der Waals surface area (Å²) in [5, 5.41) is 3.60. The Morgan fingerprint density at radius 2 is 2.00 bits per heavy atom. The average Bonchev–Trinajstić information content (AvgIpc) is 2.76. The number of nitrogens with one attached hydrogen (secondary N) is 1. The van der Waals surface area contributed by atoms with Crippen LogP contribution in [0.2, 0.25) is 0 Å². The van der Waals surface area contributed by atoms with E-state index in [9.17, 15) is 0 Å². The fourth-order valence-corrected chi connectivity index (χ4v) is 2.69. The first-order valence-corrected chi connectivity index (χ1v) is 6.30. The maximum absolute atomic E-state index is 6.01. The van der Waals surface area contributed by atoms with Crippen LogP contribution in [-0.4, -0.2) is 6.04 Å². The van der Waals surface area contributed by atoms with Crippen LogP contribution in [0.25, 0.3) is 0 Å². The van der Waals surface area contributed by atoms with Gasteiger partial charge in [-0.3, -0.25) is 0 Å². The van der Waals surface area contributed by atoms with Gasteiger partial charge in [-0.1, -0.05) is 25.0 Å². The molecule has 16 heavy (non-hydrogen) atoms. The van der Waals surface area contributed by atoms with Crippen LogP contribution in [0, 0.1) is 12.8 Å². The molecular weight excluding hydrogens is 196 g/mol. The molecule has 1 atom stereocenters. The smallest absolute Gasteiger partial charge is 0.0605 e. The first-order chi connectivity index (χ1) is 7.68.